The Morgan fingerprint density at radius 3 is 1.82 bits per heavy atom. The third kappa shape index (κ3) is 13.8. The first-order valence-electron chi connectivity index (χ1n) is 11.7. The summed E-state index contributed by atoms with van der Waals surface area (Å²) in [5.74, 6) is 0.170. The lowest BCUT2D eigenvalue weighted by Crippen LogP contribution is -2.46. The van der Waals surface area contributed by atoms with Gasteiger partial charge in [-0.2, -0.15) is 0 Å². The van der Waals surface area contributed by atoms with E-state index in [4.69, 9.17) is 0 Å². The van der Waals surface area contributed by atoms with Crippen LogP contribution in [0.15, 0.2) is 30.3 Å². The standard InChI is InChI=1S/C25H44N2O/c1-4-5-6-7-8-9-10-11-12-13-14-18-21-26-25(28)23-27(2,3)22-24-19-16-15-17-20-24/h15-17,19-20H,4-14,18,21-23H2,1-3H3/p+1. The van der Waals surface area contributed by atoms with Gasteiger partial charge in [0.1, 0.15) is 6.54 Å². The molecule has 0 bridgehead atoms. The lowest BCUT2D eigenvalue weighted by atomic mass is 10.1. The van der Waals surface area contributed by atoms with Crippen molar-refractivity contribution in [3.8, 4) is 0 Å². The zero-order valence-electron chi connectivity index (χ0n) is 18.8. The summed E-state index contributed by atoms with van der Waals surface area (Å²) < 4.78 is 0.689. The summed E-state index contributed by atoms with van der Waals surface area (Å²) in [5, 5.41) is 3.11. The average molecular weight is 390 g/mol. The van der Waals surface area contributed by atoms with Crippen LogP contribution in [0.4, 0.5) is 0 Å². The number of carbonyl (C=O) groups is 1. The maximum absolute atomic E-state index is 12.2. The molecule has 1 amide bonds. The molecule has 0 heterocycles. The maximum Gasteiger partial charge on any atom is 0.275 e. The van der Waals surface area contributed by atoms with Crippen molar-refractivity contribution in [3.05, 3.63) is 35.9 Å². The highest BCUT2D eigenvalue weighted by Gasteiger charge is 2.20. The van der Waals surface area contributed by atoms with E-state index in [9.17, 15) is 4.79 Å². The van der Waals surface area contributed by atoms with E-state index in [0.29, 0.717) is 11.0 Å². The van der Waals surface area contributed by atoms with E-state index in [-0.39, 0.29) is 5.91 Å². The summed E-state index contributed by atoms with van der Waals surface area (Å²) in [6.07, 6.45) is 16.2. The second kappa shape index (κ2) is 15.6. The average Bonchev–Trinajstić information content (AvgIpc) is 2.65. The summed E-state index contributed by atoms with van der Waals surface area (Å²) in [5.41, 5.74) is 1.28. The van der Waals surface area contributed by atoms with Crippen LogP contribution in [-0.2, 0) is 11.3 Å². The third-order valence-electron chi connectivity index (χ3n) is 5.38. The monoisotopic (exact) mass is 389 g/mol. The number of likely N-dealkylation sites (N-methyl/N-ethyl adjacent to an activating group) is 1. The van der Waals surface area contributed by atoms with Crippen molar-refractivity contribution < 1.29 is 9.28 Å². The molecule has 0 saturated heterocycles. The second-order valence-corrected chi connectivity index (χ2v) is 8.98. The van der Waals surface area contributed by atoms with E-state index in [1.807, 2.05) is 6.07 Å². The lowest BCUT2D eigenvalue weighted by molar-refractivity contribution is -0.895. The van der Waals surface area contributed by atoms with Crippen molar-refractivity contribution in [2.45, 2.75) is 90.5 Å². The van der Waals surface area contributed by atoms with Gasteiger partial charge < -0.3 is 9.80 Å². The Morgan fingerprint density at radius 2 is 1.29 bits per heavy atom. The molecule has 3 nitrogen and oxygen atoms in total. The normalized spacial score (nSPS) is 11.5. The number of amides is 1. The van der Waals surface area contributed by atoms with Crippen LogP contribution >= 0.6 is 0 Å². The molecule has 0 unspecified atom stereocenters. The SMILES string of the molecule is CCCCCCCCCCCCCCNC(=O)C[N+](C)(C)Cc1ccccc1. The first kappa shape index (κ1) is 24.7. The van der Waals surface area contributed by atoms with Crippen LogP contribution in [0, 0.1) is 0 Å². The minimum atomic E-state index is 0.170. The van der Waals surface area contributed by atoms with Gasteiger partial charge in [-0.05, 0) is 6.42 Å². The van der Waals surface area contributed by atoms with Gasteiger partial charge in [-0.25, -0.2) is 0 Å². The first-order valence-corrected chi connectivity index (χ1v) is 11.7. The number of rotatable bonds is 17. The van der Waals surface area contributed by atoms with Crippen molar-refractivity contribution in [1.82, 2.24) is 5.32 Å². The molecular weight excluding hydrogens is 344 g/mol. The largest absolute Gasteiger partial charge is 0.351 e. The molecule has 0 aliphatic rings. The lowest BCUT2D eigenvalue weighted by Gasteiger charge is -2.29. The highest BCUT2D eigenvalue weighted by atomic mass is 16.2. The van der Waals surface area contributed by atoms with E-state index >= 15 is 0 Å². The van der Waals surface area contributed by atoms with Gasteiger partial charge in [0.25, 0.3) is 5.91 Å². The van der Waals surface area contributed by atoms with Crippen molar-refractivity contribution in [2.24, 2.45) is 0 Å². The summed E-state index contributed by atoms with van der Waals surface area (Å²) in [7, 11) is 4.24. The quantitative estimate of drug-likeness (QED) is 0.254. The minimum absolute atomic E-state index is 0.170. The highest BCUT2D eigenvalue weighted by Crippen LogP contribution is 2.12. The van der Waals surface area contributed by atoms with Crippen LogP contribution in [0.3, 0.4) is 0 Å². The molecule has 0 aromatic heterocycles. The number of unbranched alkanes of at least 4 members (excludes halogenated alkanes) is 11. The molecule has 1 aromatic rings. The van der Waals surface area contributed by atoms with Gasteiger partial charge >= 0.3 is 0 Å². The Morgan fingerprint density at radius 1 is 0.786 bits per heavy atom. The topological polar surface area (TPSA) is 29.1 Å². The Kier molecular flexibility index (Phi) is 13.7. The summed E-state index contributed by atoms with van der Waals surface area (Å²) in [6.45, 7) is 4.51. The van der Waals surface area contributed by atoms with E-state index in [1.165, 1.54) is 76.2 Å². The predicted molar refractivity (Wildman–Crippen MR) is 121 cm³/mol. The molecule has 3 heteroatoms. The van der Waals surface area contributed by atoms with Crippen molar-refractivity contribution in [1.29, 1.82) is 0 Å². The number of hydrogen-bond donors (Lipinski definition) is 1. The first-order chi connectivity index (χ1) is 13.5. The summed E-state index contributed by atoms with van der Waals surface area (Å²) >= 11 is 0. The van der Waals surface area contributed by atoms with Gasteiger partial charge in [-0.1, -0.05) is 108 Å². The fourth-order valence-corrected chi connectivity index (χ4v) is 3.77. The molecule has 1 aromatic carbocycles. The Labute approximate surface area is 174 Å². The molecule has 28 heavy (non-hydrogen) atoms. The molecule has 1 N–H and O–H groups in total. The molecule has 0 fully saturated rings. The summed E-state index contributed by atoms with van der Waals surface area (Å²) in [6, 6.07) is 10.4. The smallest absolute Gasteiger partial charge is 0.275 e. The van der Waals surface area contributed by atoms with Crippen LogP contribution in [0.25, 0.3) is 0 Å². The van der Waals surface area contributed by atoms with E-state index in [0.717, 1.165) is 19.5 Å². The third-order valence-corrected chi connectivity index (χ3v) is 5.38. The number of carbonyl (C=O) groups excluding carboxylic acids is 1. The molecule has 0 radical (unpaired) electrons. The van der Waals surface area contributed by atoms with Gasteiger partial charge in [0.15, 0.2) is 6.54 Å². The van der Waals surface area contributed by atoms with E-state index < -0.39 is 0 Å². The Balaban J connectivity index is 1.95. The van der Waals surface area contributed by atoms with E-state index in [2.05, 4.69) is 50.6 Å². The van der Waals surface area contributed by atoms with Crippen LogP contribution in [0.5, 0.6) is 0 Å². The zero-order valence-corrected chi connectivity index (χ0v) is 18.8. The number of benzene rings is 1. The fourth-order valence-electron chi connectivity index (χ4n) is 3.77. The molecule has 1 rings (SSSR count). The van der Waals surface area contributed by atoms with Gasteiger partial charge in [-0.3, -0.25) is 4.79 Å². The molecule has 0 aliphatic heterocycles. The van der Waals surface area contributed by atoms with E-state index in [1.54, 1.807) is 0 Å². The van der Waals surface area contributed by atoms with Crippen molar-refractivity contribution in [2.75, 3.05) is 27.2 Å². The van der Waals surface area contributed by atoms with Gasteiger partial charge in [0.05, 0.1) is 14.1 Å². The molecule has 0 aliphatic carbocycles. The Bertz CT molecular complexity index is 499. The molecular formula is C25H45N2O+. The summed E-state index contributed by atoms with van der Waals surface area (Å²) in [4.78, 5) is 12.2. The van der Waals surface area contributed by atoms with Gasteiger partial charge in [0, 0.05) is 12.1 Å². The van der Waals surface area contributed by atoms with Crippen LogP contribution in [0.2, 0.25) is 0 Å². The predicted octanol–water partition coefficient (Wildman–Crippen LogP) is 6.08. The number of nitrogens with one attached hydrogen (secondary N) is 1. The van der Waals surface area contributed by atoms with Crippen LogP contribution in [-0.4, -0.2) is 37.6 Å². The Hall–Kier alpha value is -1.35. The minimum Gasteiger partial charge on any atom is -0.351 e. The van der Waals surface area contributed by atoms with Crippen molar-refractivity contribution in [3.63, 3.8) is 0 Å². The number of quaternary nitrogens is 1. The maximum atomic E-state index is 12.2. The molecule has 0 saturated carbocycles. The van der Waals surface area contributed by atoms with Crippen LogP contribution < -0.4 is 5.32 Å². The van der Waals surface area contributed by atoms with Gasteiger partial charge in [0.2, 0.25) is 0 Å². The number of hydrogen-bond acceptors (Lipinski definition) is 1. The van der Waals surface area contributed by atoms with Crippen molar-refractivity contribution >= 4 is 5.91 Å². The van der Waals surface area contributed by atoms with Gasteiger partial charge in [-0.15, -0.1) is 0 Å². The highest BCUT2D eigenvalue weighted by molar-refractivity contribution is 5.77. The molecule has 160 valence electrons. The zero-order chi connectivity index (χ0) is 20.5. The number of nitrogens with zero attached hydrogens (tertiary/aromatic N) is 1. The fraction of sp³-hybridized carbons (Fsp3) is 0.720. The molecule has 0 spiro atoms. The molecule has 0 atom stereocenters. The van der Waals surface area contributed by atoms with Crippen LogP contribution in [0.1, 0.15) is 89.5 Å². The second-order valence-electron chi connectivity index (χ2n) is 8.98.